The van der Waals surface area contributed by atoms with Gasteiger partial charge < -0.3 is 20.7 Å². The number of aliphatic hydroxyl groups is 2. The maximum Gasteiger partial charge on any atom is 0.351 e. The Balaban J connectivity index is 2.47. The summed E-state index contributed by atoms with van der Waals surface area (Å²) < 4.78 is 19.1. The summed E-state index contributed by atoms with van der Waals surface area (Å²) >= 11 is 0. The van der Waals surface area contributed by atoms with E-state index in [2.05, 4.69) is 4.98 Å². The molecule has 3 unspecified atom stereocenters. The monoisotopic (exact) mass is 297 g/mol. The first kappa shape index (κ1) is 15.4. The lowest BCUT2D eigenvalue weighted by molar-refractivity contribution is -0.0527. The van der Waals surface area contributed by atoms with E-state index in [9.17, 15) is 14.3 Å². The number of nitrogen functional groups attached to an aromatic ring is 1. The SMILES string of the molecule is C/C=C/c1cn(C2OC(CO)/C(=C/F)C2O)c(=O)nc1N. The summed E-state index contributed by atoms with van der Waals surface area (Å²) in [6, 6.07) is 0. The van der Waals surface area contributed by atoms with Gasteiger partial charge in [-0.05, 0) is 6.92 Å². The van der Waals surface area contributed by atoms with Gasteiger partial charge in [-0.2, -0.15) is 4.98 Å². The Bertz CT molecular complexity index is 641. The maximum absolute atomic E-state index is 12.8. The van der Waals surface area contributed by atoms with Gasteiger partial charge in [-0.3, -0.25) is 4.57 Å². The quantitative estimate of drug-likeness (QED) is 0.722. The minimum Gasteiger partial charge on any atom is -0.393 e. The zero-order valence-electron chi connectivity index (χ0n) is 11.3. The Morgan fingerprint density at radius 2 is 2.33 bits per heavy atom. The van der Waals surface area contributed by atoms with E-state index in [1.807, 2.05) is 0 Å². The summed E-state index contributed by atoms with van der Waals surface area (Å²) in [5, 5.41) is 19.2. The molecule has 114 valence electrons. The molecule has 1 saturated heterocycles. The number of nitrogens with zero attached hydrogens (tertiary/aromatic N) is 2. The highest BCUT2D eigenvalue weighted by atomic mass is 19.1. The van der Waals surface area contributed by atoms with Crippen molar-refractivity contribution < 1.29 is 19.3 Å². The molecule has 2 rings (SSSR count). The van der Waals surface area contributed by atoms with Crippen molar-refractivity contribution in [2.75, 3.05) is 12.3 Å². The number of allylic oxidation sites excluding steroid dienone is 1. The van der Waals surface area contributed by atoms with Crippen LogP contribution in [0.1, 0.15) is 18.7 Å². The van der Waals surface area contributed by atoms with E-state index in [-0.39, 0.29) is 17.7 Å². The molecule has 7 nitrogen and oxygen atoms in total. The third kappa shape index (κ3) is 2.73. The molecule has 3 atom stereocenters. The van der Waals surface area contributed by atoms with Gasteiger partial charge in [-0.1, -0.05) is 12.2 Å². The number of nitrogens with two attached hydrogens (primary N) is 1. The number of ether oxygens (including phenoxy) is 1. The molecular weight excluding hydrogens is 281 g/mol. The molecule has 0 radical (unpaired) electrons. The zero-order chi connectivity index (χ0) is 15.6. The number of halogens is 1. The summed E-state index contributed by atoms with van der Waals surface area (Å²) in [5.74, 6) is 0.0433. The van der Waals surface area contributed by atoms with E-state index >= 15 is 0 Å². The number of hydrogen-bond donors (Lipinski definition) is 3. The van der Waals surface area contributed by atoms with Crippen molar-refractivity contribution >= 4 is 11.9 Å². The van der Waals surface area contributed by atoms with Crippen LogP contribution in [0.2, 0.25) is 0 Å². The first-order valence-electron chi connectivity index (χ1n) is 6.29. The topological polar surface area (TPSA) is 111 Å². The average molecular weight is 297 g/mol. The van der Waals surface area contributed by atoms with E-state index in [1.165, 1.54) is 6.20 Å². The Labute approximate surface area is 119 Å². The van der Waals surface area contributed by atoms with Crippen molar-refractivity contribution in [2.24, 2.45) is 0 Å². The highest BCUT2D eigenvalue weighted by Gasteiger charge is 2.40. The first-order valence-corrected chi connectivity index (χ1v) is 6.29. The van der Waals surface area contributed by atoms with Crippen molar-refractivity contribution in [2.45, 2.75) is 25.4 Å². The van der Waals surface area contributed by atoms with Crippen LogP contribution in [0.15, 0.2) is 29.0 Å². The van der Waals surface area contributed by atoms with Gasteiger partial charge in [-0.25, -0.2) is 9.18 Å². The zero-order valence-corrected chi connectivity index (χ0v) is 11.3. The number of aromatic nitrogens is 2. The lowest BCUT2D eigenvalue weighted by atomic mass is 10.1. The molecule has 4 N–H and O–H groups in total. The second-order valence-electron chi connectivity index (χ2n) is 4.52. The summed E-state index contributed by atoms with van der Waals surface area (Å²) in [5.41, 5.74) is 5.23. The van der Waals surface area contributed by atoms with Crippen LogP contribution in [-0.4, -0.2) is 38.6 Å². The van der Waals surface area contributed by atoms with Crippen molar-refractivity contribution in [3.63, 3.8) is 0 Å². The molecule has 0 spiro atoms. The molecule has 0 aromatic carbocycles. The maximum atomic E-state index is 12.8. The van der Waals surface area contributed by atoms with Gasteiger partial charge in [0.1, 0.15) is 18.0 Å². The second-order valence-corrected chi connectivity index (χ2v) is 4.52. The Morgan fingerprint density at radius 3 is 2.86 bits per heavy atom. The fourth-order valence-electron chi connectivity index (χ4n) is 2.16. The molecule has 1 aliphatic heterocycles. The van der Waals surface area contributed by atoms with Gasteiger partial charge in [0.05, 0.1) is 12.9 Å². The Kier molecular flexibility index (Phi) is 4.51. The number of anilines is 1. The van der Waals surface area contributed by atoms with Gasteiger partial charge in [0, 0.05) is 17.3 Å². The molecule has 0 bridgehead atoms. The molecule has 0 aliphatic carbocycles. The Morgan fingerprint density at radius 1 is 1.62 bits per heavy atom. The number of hydrogen-bond acceptors (Lipinski definition) is 6. The minimum atomic E-state index is -1.39. The summed E-state index contributed by atoms with van der Waals surface area (Å²) in [6.07, 6.45) is 1.31. The van der Waals surface area contributed by atoms with Crippen molar-refractivity contribution in [3.05, 3.63) is 40.2 Å². The van der Waals surface area contributed by atoms with Crippen LogP contribution in [0, 0.1) is 0 Å². The minimum absolute atomic E-state index is 0.0433. The highest BCUT2D eigenvalue weighted by molar-refractivity contribution is 5.59. The molecule has 21 heavy (non-hydrogen) atoms. The molecule has 0 saturated carbocycles. The van der Waals surface area contributed by atoms with E-state index in [0.717, 1.165) is 4.57 Å². The van der Waals surface area contributed by atoms with Gasteiger partial charge >= 0.3 is 5.69 Å². The van der Waals surface area contributed by atoms with Crippen LogP contribution in [-0.2, 0) is 4.74 Å². The van der Waals surface area contributed by atoms with Crippen LogP contribution in [0.5, 0.6) is 0 Å². The van der Waals surface area contributed by atoms with Crippen LogP contribution in [0.4, 0.5) is 10.2 Å². The molecule has 1 aromatic heterocycles. The lowest BCUT2D eigenvalue weighted by Gasteiger charge is -2.17. The van der Waals surface area contributed by atoms with E-state index < -0.39 is 30.7 Å². The van der Waals surface area contributed by atoms with Crippen LogP contribution < -0.4 is 11.4 Å². The highest BCUT2D eigenvalue weighted by Crippen LogP contribution is 2.32. The fourth-order valence-corrected chi connectivity index (χ4v) is 2.16. The largest absolute Gasteiger partial charge is 0.393 e. The third-order valence-electron chi connectivity index (χ3n) is 3.21. The third-order valence-corrected chi connectivity index (χ3v) is 3.21. The number of aliphatic hydroxyl groups excluding tert-OH is 2. The van der Waals surface area contributed by atoms with Gasteiger partial charge in [-0.15, -0.1) is 0 Å². The van der Waals surface area contributed by atoms with Crippen molar-refractivity contribution in [3.8, 4) is 0 Å². The predicted octanol–water partition coefficient (Wildman–Crippen LogP) is -0.0374. The molecular formula is C13H16FN3O4. The molecule has 1 aliphatic rings. The molecule has 1 fully saturated rings. The van der Waals surface area contributed by atoms with Gasteiger partial charge in [0.25, 0.3) is 0 Å². The standard InChI is InChI=1S/C13H16FN3O4/c1-2-3-7-5-17(13(20)16-11(7)15)12-10(19)8(4-14)9(6-18)21-12/h2-5,9-10,12,18-19H,6H2,1H3,(H2,15,16,20)/b3-2+,8-4-. The molecule has 1 aromatic rings. The average Bonchev–Trinajstić information content (AvgIpc) is 2.78. The Hall–Kier alpha value is -2.03. The lowest BCUT2D eigenvalue weighted by Crippen LogP contribution is -2.32. The smallest absolute Gasteiger partial charge is 0.351 e. The van der Waals surface area contributed by atoms with Crippen LogP contribution >= 0.6 is 0 Å². The fraction of sp³-hybridized carbons (Fsp3) is 0.385. The predicted molar refractivity (Wildman–Crippen MR) is 73.8 cm³/mol. The molecule has 2 heterocycles. The van der Waals surface area contributed by atoms with E-state index in [1.54, 1.807) is 19.1 Å². The van der Waals surface area contributed by atoms with E-state index in [4.69, 9.17) is 15.6 Å². The summed E-state index contributed by atoms with van der Waals surface area (Å²) in [6.45, 7) is 1.25. The van der Waals surface area contributed by atoms with Gasteiger partial charge in [0.15, 0.2) is 6.23 Å². The normalized spacial score (nSPS) is 27.8. The van der Waals surface area contributed by atoms with Crippen LogP contribution in [0.25, 0.3) is 6.08 Å². The first-order chi connectivity index (χ1) is 10.0. The van der Waals surface area contributed by atoms with Crippen molar-refractivity contribution in [1.29, 1.82) is 0 Å². The van der Waals surface area contributed by atoms with Crippen LogP contribution in [0.3, 0.4) is 0 Å². The van der Waals surface area contributed by atoms with Crippen molar-refractivity contribution in [1.82, 2.24) is 9.55 Å². The van der Waals surface area contributed by atoms with Gasteiger partial charge in [0.2, 0.25) is 0 Å². The molecule has 8 heteroatoms. The summed E-state index contributed by atoms with van der Waals surface area (Å²) in [7, 11) is 0. The summed E-state index contributed by atoms with van der Waals surface area (Å²) in [4.78, 5) is 15.5. The number of rotatable bonds is 3. The molecule has 0 amide bonds. The van der Waals surface area contributed by atoms with E-state index in [0.29, 0.717) is 5.56 Å². The second kappa shape index (κ2) is 6.17.